The maximum atomic E-state index is 12.8. The summed E-state index contributed by atoms with van der Waals surface area (Å²) in [6, 6.07) is 17.7. The number of pyridine rings is 1. The maximum absolute atomic E-state index is 12.8. The number of amides is 1. The Bertz CT molecular complexity index is 1430. The number of anilines is 1. The second-order valence-electron chi connectivity index (χ2n) is 7.10. The number of nitrogen functional groups attached to an aromatic ring is 1. The van der Waals surface area contributed by atoms with E-state index in [9.17, 15) is 4.79 Å². The second kappa shape index (κ2) is 7.77. The van der Waals surface area contributed by atoms with Gasteiger partial charge in [0.25, 0.3) is 5.91 Å². The SMILES string of the molecule is CCNC(=O)c1cc(-c2ccccc2)nc2cc(-c3csc4ncnc(N)c34)ccc12. The summed E-state index contributed by atoms with van der Waals surface area (Å²) in [4.78, 5) is 27.0. The van der Waals surface area contributed by atoms with Crippen LogP contribution in [0.5, 0.6) is 0 Å². The predicted octanol–water partition coefficient (Wildman–Crippen LogP) is 4.91. The van der Waals surface area contributed by atoms with Gasteiger partial charge in [-0.2, -0.15) is 0 Å². The molecule has 0 saturated carbocycles. The third-order valence-electron chi connectivity index (χ3n) is 5.17. The van der Waals surface area contributed by atoms with E-state index in [0.29, 0.717) is 17.9 Å². The van der Waals surface area contributed by atoms with Crippen LogP contribution in [0.3, 0.4) is 0 Å². The van der Waals surface area contributed by atoms with Crippen LogP contribution in [0.1, 0.15) is 17.3 Å². The third kappa shape index (κ3) is 3.39. The van der Waals surface area contributed by atoms with Crippen molar-refractivity contribution in [1.82, 2.24) is 20.3 Å². The molecule has 7 heteroatoms. The number of hydrogen-bond donors (Lipinski definition) is 2. The van der Waals surface area contributed by atoms with Gasteiger partial charge in [0.2, 0.25) is 0 Å². The first-order valence-corrected chi connectivity index (χ1v) is 10.8. The zero-order chi connectivity index (χ0) is 21.4. The molecule has 0 fully saturated rings. The molecule has 3 aromatic heterocycles. The summed E-state index contributed by atoms with van der Waals surface area (Å²) in [5.74, 6) is 0.341. The van der Waals surface area contributed by atoms with E-state index >= 15 is 0 Å². The normalized spacial score (nSPS) is 11.1. The highest BCUT2D eigenvalue weighted by molar-refractivity contribution is 7.17. The largest absolute Gasteiger partial charge is 0.383 e. The quantitative estimate of drug-likeness (QED) is 0.427. The topological polar surface area (TPSA) is 93.8 Å². The van der Waals surface area contributed by atoms with Gasteiger partial charge in [0.15, 0.2) is 0 Å². The molecular weight excluding hydrogens is 406 g/mol. The molecule has 3 N–H and O–H groups in total. The molecule has 0 aliphatic carbocycles. The van der Waals surface area contributed by atoms with Gasteiger partial charge in [0, 0.05) is 28.4 Å². The molecule has 0 unspecified atom stereocenters. The van der Waals surface area contributed by atoms with Gasteiger partial charge in [-0.25, -0.2) is 15.0 Å². The number of hydrogen-bond acceptors (Lipinski definition) is 6. The summed E-state index contributed by atoms with van der Waals surface area (Å²) in [7, 11) is 0. The van der Waals surface area contributed by atoms with Gasteiger partial charge in [0.1, 0.15) is 17.0 Å². The van der Waals surface area contributed by atoms with Gasteiger partial charge < -0.3 is 11.1 Å². The Balaban J connectivity index is 1.74. The molecule has 5 aromatic rings. The minimum Gasteiger partial charge on any atom is -0.383 e. The predicted molar refractivity (Wildman–Crippen MR) is 126 cm³/mol. The lowest BCUT2D eigenvalue weighted by molar-refractivity contribution is 0.0957. The van der Waals surface area contributed by atoms with Gasteiger partial charge in [-0.15, -0.1) is 11.3 Å². The van der Waals surface area contributed by atoms with E-state index in [1.165, 1.54) is 17.7 Å². The molecule has 0 saturated heterocycles. The van der Waals surface area contributed by atoms with E-state index in [0.717, 1.165) is 43.5 Å². The molecule has 0 aliphatic rings. The molecule has 31 heavy (non-hydrogen) atoms. The van der Waals surface area contributed by atoms with Crippen LogP contribution >= 0.6 is 11.3 Å². The van der Waals surface area contributed by atoms with Crippen LogP contribution in [0, 0.1) is 0 Å². The van der Waals surface area contributed by atoms with Gasteiger partial charge >= 0.3 is 0 Å². The van der Waals surface area contributed by atoms with E-state index in [2.05, 4.69) is 15.3 Å². The molecule has 152 valence electrons. The first kappa shape index (κ1) is 19.1. The number of nitrogens with two attached hydrogens (primary N) is 1. The lowest BCUT2D eigenvalue weighted by Gasteiger charge is -2.11. The number of nitrogens with zero attached hydrogens (tertiary/aromatic N) is 3. The first-order chi connectivity index (χ1) is 15.2. The highest BCUT2D eigenvalue weighted by Crippen LogP contribution is 2.37. The van der Waals surface area contributed by atoms with Gasteiger partial charge in [0.05, 0.1) is 22.2 Å². The number of carbonyl (C=O) groups is 1. The lowest BCUT2D eigenvalue weighted by Crippen LogP contribution is -2.23. The van der Waals surface area contributed by atoms with Crippen molar-refractivity contribution in [2.24, 2.45) is 0 Å². The zero-order valence-corrected chi connectivity index (χ0v) is 17.6. The highest BCUT2D eigenvalue weighted by Gasteiger charge is 2.16. The molecule has 2 aromatic carbocycles. The van der Waals surface area contributed by atoms with Crippen molar-refractivity contribution < 1.29 is 4.79 Å². The molecule has 0 bridgehead atoms. The number of nitrogens with one attached hydrogen (secondary N) is 1. The summed E-state index contributed by atoms with van der Waals surface area (Å²) < 4.78 is 0. The fourth-order valence-corrected chi connectivity index (χ4v) is 4.63. The van der Waals surface area contributed by atoms with Crippen molar-refractivity contribution >= 4 is 44.2 Å². The van der Waals surface area contributed by atoms with Gasteiger partial charge in [-0.1, -0.05) is 42.5 Å². The Morgan fingerprint density at radius 3 is 2.71 bits per heavy atom. The molecular formula is C24H19N5OS. The molecule has 1 amide bonds. The molecule has 0 atom stereocenters. The van der Waals surface area contributed by atoms with Crippen LogP contribution in [0.15, 0.2) is 66.3 Å². The minimum atomic E-state index is -0.113. The standard InChI is InChI=1S/C24H19N5OS/c1-2-26-23(30)17-11-19(14-6-4-3-5-7-14)29-20-10-15(8-9-16(17)20)18-12-31-24-21(18)22(25)27-13-28-24/h3-13H,2H2,1H3,(H,26,30)(H2,25,27,28). The Labute approximate surface area is 182 Å². The zero-order valence-electron chi connectivity index (χ0n) is 16.8. The van der Waals surface area contributed by atoms with Crippen LogP contribution in [0.4, 0.5) is 5.82 Å². The highest BCUT2D eigenvalue weighted by atomic mass is 32.1. The fourth-order valence-electron chi connectivity index (χ4n) is 3.71. The average Bonchev–Trinajstić information content (AvgIpc) is 3.24. The summed E-state index contributed by atoms with van der Waals surface area (Å²) in [5.41, 5.74) is 11.1. The molecule has 0 radical (unpaired) electrons. The van der Waals surface area contributed by atoms with Crippen molar-refractivity contribution in [3.63, 3.8) is 0 Å². The van der Waals surface area contributed by atoms with Gasteiger partial charge in [-0.3, -0.25) is 4.79 Å². The summed E-state index contributed by atoms with van der Waals surface area (Å²) in [6.45, 7) is 2.47. The number of fused-ring (bicyclic) bond motifs is 2. The number of aromatic nitrogens is 3. The number of carbonyl (C=O) groups excluding carboxylic acids is 1. The molecule has 0 spiro atoms. The smallest absolute Gasteiger partial charge is 0.252 e. The fraction of sp³-hybridized carbons (Fsp3) is 0.0833. The van der Waals surface area contributed by atoms with Crippen molar-refractivity contribution in [2.45, 2.75) is 6.92 Å². The van der Waals surface area contributed by atoms with Gasteiger partial charge in [-0.05, 0) is 24.6 Å². The maximum Gasteiger partial charge on any atom is 0.252 e. The summed E-state index contributed by atoms with van der Waals surface area (Å²) in [5, 5.41) is 6.59. The van der Waals surface area contributed by atoms with Crippen LogP contribution in [-0.2, 0) is 0 Å². The number of benzene rings is 2. The second-order valence-corrected chi connectivity index (χ2v) is 7.96. The summed E-state index contributed by atoms with van der Waals surface area (Å²) in [6.07, 6.45) is 1.48. The van der Waals surface area contributed by atoms with Crippen LogP contribution in [0.2, 0.25) is 0 Å². The summed E-state index contributed by atoms with van der Waals surface area (Å²) >= 11 is 1.53. The van der Waals surface area contributed by atoms with E-state index in [4.69, 9.17) is 10.7 Å². The van der Waals surface area contributed by atoms with Crippen LogP contribution < -0.4 is 11.1 Å². The Hall–Kier alpha value is -3.84. The average molecular weight is 426 g/mol. The molecule has 5 rings (SSSR count). The Morgan fingerprint density at radius 2 is 1.90 bits per heavy atom. The van der Waals surface area contributed by atoms with Crippen molar-refractivity contribution in [3.8, 4) is 22.4 Å². The lowest BCUT2D eigenvalue weighted by atomic mass is 9.99. The van der Waals surface area contributed by atoms with Crippen LogP contribution in [0.25, 0.3) is 43.5 Å². The Kier molecular flexibility index (Phi) is 4.80. The van der Waals surface area contributed by atoms with Crippen molar-refractivity contribution in [2.75, 3.05) is 12.3 Å². The third-order valence-corrected chi connectivity index (χ3v) is 6.06. The molecule has 6 nitrogen and oxygen atoms in total. The minimum absolute atomic E-state index is 0.113. The van der Waals surface area contributed by atoms with Crippen molar-refractivity contribution in [3.05, 3.63) is 71.9 Å². The van der Waals surface area contributed by atoms with E-state index in [1.807, 2.05) is 66.9 Å². The van der Waals surface area contributed by atoms with Crippen LogP contribution in [-0.4, -0.2) is 27.4 Å². The molecule has 3 heterocycles. The monoisotopic (exact) mass is 425 g/mol. The number of rotatable bonds is 4. The number of thiophene rings is 1. The van der Waals surface area contributed by atoms with Crippen molar-refractivity contribution in [1.29, 1.82) is 0 Å². The Morgan fingerprint density at radius 1 is 1.06 bits per heavy atom. The molecule has 0 aliphatic heterocycles. The van der Waals surface area contributed by atoms with E-state index < -0.39 is 0 Å². The first-order valence-electron chi connectivity index (χ1n) is 9.92. The van der Waals surface area contributed by atoms with E-state index in [1.54, 1.807) is 0 Å². The van der Waals surface area contributed by atoms with E-state index in [-0.39, 0.29) is 5.91 Å².